The van der Waals surface area contributed by atoms with Crippen molar-refractivity contribution >= 4 is 0 Å². The molecule has 106 valence electrons. The van der Waals surface area contributed by atoms with Gasteiger partial charge in [0, 0.05) is 24.6 Å². The molecular weight excluding hydrogens is 245 g/mol. The summed E-state index contributed by atoms with van der Waals surface area (Å²) in [7, 11) is 0. The maximum Gasteiger partial charge on any atom is 0.123 e. The van der Waals surface area contributed by atoms with E-state index in [0.29, 0.717) is 12.5 Å². The van der Waals surface area contributed by atoms with Gasteiger partial charge in [0.1, 0.15) is 17.7 Å². The van der Waals surface area contributed by atoms with E-state index in [1.807, 2.05) is 0 Å². The molecule has 0 radical (unpaired) electrons. The molecule has 0 bridgehead atoms. The lowest BCUT2D eigenvalue weighted by Crippen LogP contribution is -2.40. The van der Waals surface area contributed by atoms with E-state index in [0.717, 1.165) is 24.2 Å². The Morgan fingerprint density at radius 1 is 1.47 bits per heavy atom. The number of fused-ring (bicyclic) bond motifs is 1. The average molecular weight is 267 g/mol. The van der Waals surface area contributed by atoms with Crippen LogP contribution < -0.4 is 10.1 Å². The van der Waals surface area contributed by atoms with Crippen LogP contribution in [0.15, 0.2) is 18.2 Å². The van der Waals surface area contributed by atoms with Gasteiger partial charge in [-0.05, 0) is 30.5 Å². The highest BCUT2D eigenvalue weighted by atomic mass is 19.1. The number of hydrogen-bond donors (Lipinski definition) is 2. The molecule has 2 atom stereocenters. The molecule has 1 aliphatic heterocycles. The van der Waals surface area contributed by atoms with Gasteiger partial charge in [0.15, 0.2) is 0 Å². The molecule has 0 aliphatic carbocycles. The van der Waals surface area contributed by atoms with Crippen LogP contribution in [0.25, 0.3) is 0 Å². The Kier molecular flexibility index (Phi) is 4.77. The number of aliphatic hydroxyl groups excluding tert-OH is 1. The molecule has 4 heteroatoms. The molecular formula is C15H22FNO2. The van der Waals surface area contributed by atoms with Crippen LogP contribution in [0.5, 0.6) is 5.75 Å². The predicted octanol–water partition coefficient (Wildman–Crippen LogP) is 2.13. The van der Waals surface area contributed by atoms with Crippen LogP contribution in [-0.4, -0.2) is 30.4 Å². The summed E-state index contributed by atoms with van der Waals surface area (Å²) in [6.07, 6.45) is 1.68. The SMILES string of the molecule is CC(C)CC(CO)NCC1Cc2cc(F)ccc2O1. The molecule has 3 nitrogen and oxygen atoms in total. The average Bonchev–Trinajstić information content (AvgIpc) is 2.75. The number of rotatable bonds is 6. The first kappa shape index (κ1) is 14.3. The van der Waals surface area contributed by atoms with Crippen molar-refractivity contribution in [3.8, 4) is 5.75 Å². The molecule has 1 aromatic rings. The van der Waals surface area contributed by atoms with Crippen molar-refractivity contribution in [3.63, 3.8) is 0 Å². The largest absolute Gasteiger partial charge is 0.488 e. The summed E-state index contributed by atoms with van der Waals surface area (Å²) in [6.45, 7) is 5.07. The van der Waals surface area contributed by atoms with Gasteiger partial charge < -0.3 is 15.2 Å². The smallest absolute Gasteiger partial charge is 0.123 e. The number of hydrogen-bond acceptors (Lipinski definition) is 3. The van der Waals surface area contributed by atoms with Crippen LogP contribution in [0.4, 0.5) is 4.39 Å². The Bertz CT molecular complexity index is 423. The van der Waals surface area contributed by atoms with Crippen LogP contribution in [0, 0.1) is 11.7 Å². The number of halogens is 1. The first-order valence-electron chi connectivity index (χ1n) is 6.87. The third-order valence-corrected chi connectivity index (χ3v) is 3.37. The van der Waals surface area contributed by atoms with Gasteiger partial charge in [0.25, 0.3) is 0 Å². The molecule has 2 N–H and O–H groups in total. The van der Waals surface area contributed by atoms with Crippen molar-refractivity contribution in [2.24, 2.45) is 5.92 Å². The Hall–Kier alpha value is -1.13. The summed E-state index contributed by atoms with van der Waals surface area (Å²) in [5.74, 6) is 1.10. The highest BCUT2D eigenvalue weighted by molar-refractivity contribution is 5.37. The third-order valence-electron chi connectivity index (χ3n) is 3.37. The summed E-state index contributed by atoms with van der Waals surface area (Å²) in [6, 6.07) is 4.74. The Morgan fingerprint density at radius 2 is 2.26 bits per heavy atom. The van der Waals surface area contributed by atoms with Crippen LogP contribution in [-0.2, 0) is 6.42 Å². The van der Waals surface area contributed by atoms with E-state index in [1.54, 1.807) is 6.07 Å². The second-order valence-electron chi connectivity index (χ2n) is 5.61. The standard InChI is InChI=1S/C15H22FNO2/c1-10(2)5-13(9-18)17-8-14-7-11-6-12(16)3-4-15(11)19-14/h3-4,6,10,13-14,17-18H,5,7-9H2,1-2H3. The molecule has 0 spiro atoms. The summed E-state index contributed by atoms with van der Waals surface area (Å²) < 4.78 is 18.8. The lowest BCUT2D eigenvalue weighted by molar-refractivity contribution is 0.187. The fourth-order valence-corrected chi connectivity index (χ4v) is 2.49. The zero-order chi connectivity index (χ0) is 13.8. The second kappa shape index (κ2) is 6.35. The first-order chi connectivity index (χ1) is 9.08. The van der Waals surface area contributed by atoms with Gasteiger partial charge >= 0.3 is 0 Å². The summed E-state index contributed by atoms with van der Waals surface area (Å²) in [5.41, 5.74) is 0.927. The van der Waals surface area contributed by atoms with Gasteiger partial charge in [-0.1, -0.05) is 13.8 Å². The second-order valence-corrected chi connectivity index (χ2v) is 5.61. The molecule has 0 saturated carbocycles. The molecule has 19 heavy (non-hydrogen) atoms. The van der Waals surface area contributed by atoms with E-state index in [-0.39, 0.29) is 24.6 Å². The van der Waals surface area contributed by atoms with Crippen molar-refractivity contribution in [1.82, 2.24) is 5.32 Å². The van der Waals surface area contributed by atoms with Crippen molar-refractivity contribution in [2.75, 3.05) is 13.2 Å². The lowest BCUT2D eigenvalue weighted by Gasteiger charge is -2.20. The Morgan fingerprint density at radius 3 is 2.95 bits per heavy atom. The van der Waals surface area contributed by atoms with Crippen LogP contribution in [0.2, 0.25) is 0 Å². The zero-order valence-corrected chi connectivity index (χ0v) is 11.5. The molecule has 0 aromatic heterocycles. The predicted molar refractivity (Wildman–Crippen MR) is 72.9 cm³/mol. The van der Waals surface area contributed by atoms with Gasteiger partial charge in [-0.15, -0.1) is 0 Å². The molecule has 2 rings (SSSR count). The monoisotopic (exact) mass is 267 g/mol. The quantitative estimate of drug-likeness (QED) is 0.829. The van der Waals surface area contributed by atoms with Crippen LogP contribution in [0.3, 0.4) is 0 Å². The minimum absolute atomic E-state index is 0.0259. The Balaban J connectivity index is 1.83. The lowest BCUT2D eigenvalue weighted by atomic mass is 10.0. The summed E-state index contributed by atoms with van der Waals surface area (Å²) in [5, 5.41) is 12.6. The van der Waals surface area contributed by atoms with Gasteiger partial charge in [-0.3, -0.25) is 0 Å². The van der Waals surface area contributed by atoms with E-state index < -0.39 is 0 Å². The van der Waals surface area contributed by atoms with E-state index in [4.69, 9.17) is 4.74 Å². The molecule has 2 unspecified atom stereocenters. The van der Waals surface area contributed by atoms with Crippen LogP contribution in [0.1, 0.15) is 25.8 Å². The molecule has 0 amide bonds. The van der Waals surface area contributed by atoms with E-state index in [1.165, 1.54) is 12.1 Å². The van der Waals surface area contributed by atoms with Crippen molar-refractivity contribution in [1.29, 1.82) is 0 Å². The van der Waals surface area contributed by atoms with Crippen LogP contribution >= 0.6 is 0 Å². The highest BCUT2D eigenvalue weighted by Gasteiger charge is 2.23. The number of ether oxygens (including phenoxy) is 1. The molecule has 1 heterocycles. The van der Waals surface area contributed by atoms with Crippen molar-refractivity contribution < 1.29 is 14.2 Å². The van der Waals surface area contributed by atoms with Gasteiger partial charge in [0.2, 0.25) is 0 Å². The minimum Gasteiger partial charge on any atom is -0.488 e. The summed E-state index contributed by atoms with van der Waals surface area (Å²) in [4.78, 5) is 0. The Labute approximate surface area is 113 Å². The topological polar surface area (TPSA) is 41.5 Å². The molecule has 0 fully saturated rings. The maximum atomic E-state index is 13.1. The third kappa shape index (κ3) is 3.91. The zero-order valence-electron chi connectivity index (χ0n) is 11.5. The highest BCUT2D eigenvalue weighted by Crippen LogP contribution is 2.29. The molecule has 0 saturated heterocycles. The van der Waals surface area contributed by atoms with Crippen molar-refractivity contribution in [2.45, 2.75) is 38.8 Å². The molecule has 1 aromatic carbocycles. The van der Waals surface area contributed by atoms with Gasteiger partial charge in [0.05, 0.1) is 6.61 Å². The van der Waals surface area contributed by atoms with E-state index in [2.05, 4.69) is 19.2 Å². The maximum absolute atomic E-state index is 13.1. The fraction of sp³-hybridized carbons (Fsp3) is 0.600. The minimum atomic E-state index is -0.219. The van der Waals surface area contributed by atoms with E-state index in [9.17, 15) is 9.50 Å². The number of benzene rings is 1. The number of aliphatic hydroxyl groups is 1. The van der Waals surface area contributed by atoms with E-state index >= 15 is 0 Å². The van der Waals surface area contributed by atoms with Gasteiger partial charge in [-0.25, -0.2) is 4.39 Å². The number of nitrogens with one attached hydrogen (secondary N) is 1. The molecule has 1 aliphatic rings. The van der Waals surface area contributed by atoms with Crippen molar-refractivity contribution in [3.05, 3.63) is 29.6 Å². The van der Waals surface area contributed by atoms with Gasteiger partial charge in [-0.2, -0.15) is 0 Å². The summed E-state index contributed by atoms with van der Waals surface area (Å²) >= 11 is 0. The first-order valence-corrected chi connectivity index (χ1v) is 6.87. The normalized spacial score (nSPS) is 19.3. The fourth-order valence-electron chi connectivity index (χ4n) is 2.49.